The summed E-state index contributed by atoms with van der Waals surface area (Å²) >= 11 is 1.58. The number of hydrogen-bond acceptors (Lipinski definition) is 3. The zero-order valence-corrected chi connectivity index (χ0v) is 11.2. The molecule has 3 nitrogen and oxygen atoms in total. The Morgan fingerprint density at radius 2 is 2.00 bits per heavy atom. The van der Waals surface area contributed by atoms with E-state index in [0.717, 1.165) is 5.56 Å². The Morgan fingerprint density at radius 1 is 1.35 bits per heavy atom. The molecule has 0 aliphatic rings. The monoisotopic (exact) mass is 252 g/mol. The lowest BCUT2D eigenvalue weighted by Gasteiger charge is -2.15. The minimum atomic E-state index is 0.0532. The predicted octanol–water partition coefficient (Wildman–Crippen LogP) is 1.94. The zero-order chi connectivity index (χ0) is 12.7. The highest BCUT2D eigenvalue weighted by molar-refractivity contribution is 8.00. The van der Waals surface area contributed by atoms with Crippen LogP contribution in [-0.4, -0.2) is 23.5 Å². The summed E-state index contributed by atoms with van der Waals surface area (Å²) in [6.45, 7) is 4.62. The van der Waals surface area contributed by atoms with Crippen molar-refractivity contribution in [1.82, 2.24) is 5.32 Å². The third kappa shape index (κ3) is 5.24. The van der Waals surface area contributed by atoms with Gasteiger partial charge in [0, 0.05) is 11.8 Å². The molecule has 0 radical (unpaired) electrons. The lowest BCUT2D eigenvalue weighted by Crippen LogP contribution is -2.29. The first-order valence-electron chi connectivity index (χ1n) is 5.79. The van der Waals surface area contributed by atoms with Crippen LogP contribution in [0.2, 0.25) is 0 Å². The van der Waals surface area contributed by atoms with Crippen LogP contribution in [0, 0.1) is 0 Å². The second kappa shape index (κ2) is 7.35. The van der Waals surface area contributed by atoms with Crippen molar-refractivity contribution in [3.05, 3.63) is 35.9 Å². The Balaban J connectivity index is 2.36. The van der Waals surface area contributed by atoms with E-state index in [1.807, 2.05) is 44.2 Å². The molecule has 2 unspecified atom stereocenters. The minimum Gasteiger partial charge on any atom is -0.349 e. The van der Waals surface area contributed by atoms with E-state index in [9.17, 15) is 4.79 Å². The van der Waals surface area contributed by atoms with E-state index in [0.29, 0.717) is 17.5 Å². The fourth-order valence-electron chi connectivity index (χ4n) is 1.39. The van der Waals surface area contributed by atoms with Gasteiger partial charge in [0.05, 0.1) is 11.8 Å². The average molecular weight is 252 g/mol. The van der Waals surface area contributed by atoms with E-state index in [2.05, 4.69) is 5.32 Å². The summed E-state index contributed by atoms with van der Waals surface area (Å²) in [5, 5.41) is 3.30. The minimum absolute atomic E-state index is 0.0532. The fourth-order valence-corrected chi connectivity index (χ4v) is 2.05. The number of thioether (sulfide) groups is 1. The first-order valence-corrected chi connectivity index (χ1v) is 6.84. The van der Waals surface area contributed by atoms with Crippen molar-refractivity contribution < 1.29 is 4.79 Å². The van der Waals surface area contributed by atoms with Crippen LogP contribution in [0.4, 0.5) is 0 Å². The Labute approximate surface area is 107 Å². The number of carbonyl (C=O) groups excluding carboxylic acids is 1. The Bertz CT molecular complexity index is 343. The number of nitrogens with one attached hydrogen (secondary N) is 1. The second-order valence-corrected chi connectivity index (χ2v) is 5.48. The van der Waals surface area contributed by atoms with Gasteiger partial charge in [-0.3, -0.25) is 4.79 Å². The summed E-state index contributed by atoms with van der Waals surface area (Å²) in [5.74, 6) is 0.530. The molecule has 0 saturated carbocycles. The average Bonchev–Trinajstić information content (AvgIpc) is 2.36. The fraction of sp³-hybridized carbons (Fsp3) is 0.462. The lowest BCUT2D eigenvalue weighted by molar-refractivity contribution is -0.119. The van der Waals surface area contributed by atoms with Gasteiger partial charge in [0.1, 0.15) is 0 Å². The van der Waals surface area contributed by atoms with E-state index in [4.69, 9.17) is 5.73 Å². The van der Waals surface area contributed by atoms with Crippen molar-refractivity contribution in [3.63, 3.8) is 0 Å². The summed E-state index contributed by atoms with van der Waals surface area (Å²) in [6.07, 6.45) is 0. The molecule has 1 aromatic rings. The Kier molecular flexibility index (Phi) is 6.08. The lowest BCUT2D eigenvalue weighted by atomic mass is 10.1. The molecular weight excluding hydrogens is 232 g/mol. The summed E-state index contributed by atoms with van der Waals surface area (Å²) < 4.78 is 0. The number of hydrogen-bond donors (Lipinski definition) is 2. The van der Waals surface area contributed by atoms with Crippen LogP contribution in [0.1, 0.15) is 25.5 Å². The van der Waals surface area contributed by atoms with E-state index in [1.165, 1.54) is 0 Å². The van der Waals surface area contributed by atoms with Crippen LogP contribution in [0.25, 0.3) is 0 Å². The normalized spacial score (nSPS) is 14.1. The zero-order valence-electron chi connectivity index (χ0n) is 10.3. The quantitative estimate of drug-likeness (QED) is 0.813. The largest absolute Gasteiger partial charge is 0.349 e. The highest BCUT2D eigenvalue weighted by atomic mass is 32.2. The van der Waals surface area contributed by atoms with Gasteiger partial charge in [-0.05, 0) is 12.5 Å². The van der Waals surface area contributed by atoms with Gasteiger partial charge in [0.2, 0.25) is 5.91 Å². The van der Waals surface area contributed by atoms with Crippen LogP contribution < -0.4 is 11.1 Å². The van der Waals surface area contributed by atoms with Crippen molar-refractivity contribution in [2.24, 2.45) is 5.73 Å². The van der Waals surface area contributed by atoms with Crippen LogP contribution in [0.3, 0.4) is 0 Å². The molecule has 0 heterocycles. The van der Waals surface area contributed by atoms with Crippen LogP contribution in [0.15, 0.2) is 30.3 Å². The van der Waals surface area contributed by atoms with Crippen molar-refractivity contribution in [3.8, 4) is 0 Å². The van der Waals surface area contributed by atoms with Gasteiger partial charge in [-0.15, -0.1) is 11.8 Å². The summed E-state index contributed by atoms with van der Waals surface area (Å²) in [7, 11) is 0. The number of rotatable bonds is 6. The topological polar surface area (TPSA) is 55.1 Å². The molecule has 4 heteroatoms. The molecule has 1 amide bonds. The maximum Gasteiger partial charge on any atom is 0.230 e. The number of nitrogens with two attached hydrogens (primary N) is 1. The summed E-state index contributed by atoms with van der Waals surface area (Å²) in [6, 6.07) is 10.0. The molecule has 0 saturated heterocycles. The Morgan fingerprint density at radius 3 is 2.59 bits per heavy atom. The predicted molar refractivity (Wildman–Crippen MR) is 74.0 cm³/mol. The van der Waals surface area contributed by atoms with Crippen LogP contribution >= 0.6 is 11.8 Å². The van der Waals surface area contributed by atoms with E-state index < -0.39 is 0 Å². The van der Waals surface area contributed by atoms with E-state index in [-0.39, 0.29) is 11.9 Å². The molecule has 3 N–H and O–H groups in total. The molecule has 94 valence electrons. The molecule has 17 heavy (non-hydrogen) atoms. The SMILES string of the molecule is CC(CN)SCC(=O)NC(C)c1ccccc1. The first-order chi connectivity index (χ1) is 8.13. The second-order valence-electron chi connectivity index (χ2n) is 4.06. The molecule has 0 bridgehead atoms. The van der Waals surface area contributed by atoms with Gasteiger partial charge in [-0.25, -0.2) is 0 Å². The number of carbonyl (C=O) groups is 1. The van der Waals surface area contributed by atoms with Crippen molar-refractivity contribution in [2.45, 2.75) is 25.1 Å². The summed E-state index contributed by atoms with van der Waals surface area (Å²) in [4.78, 5) is 11.7. The highest BCUT2D eigenvalue weighted by Crippen LogP contribution is 2.12. The van der Waals surface area contributed by atoms with Crippen molar-refractivity contribution >= 4 is 17.7 Å². The number of benzene rings is 1. The van der Waals surface area contributed by atoms with Crippen LogP contribution in [0.5, 0.6) is 0 Å². The van der Waals surface area contributed by atoms with Crippen LogP contribution in [-0.2, 0) is 4.79 Å². The van der Waals surface area contributed by atoms with E-state index >= 15 is 0 Å². The molecule has 0 spiro atoms. The third-order valence-corrected chi connectivity index (χ3v) is 3.70. The van der Waals surface area contributed by atoms with Gasteiger partial charge in [-0.2, -0.15) is 0 Å². The standard InChI is InChI=1S/C13H20N2OS/c1-10(8-14)17-9-13(16)15-11(2)12-6-4-3-5-7-12/h3-7,10-11H,8-9,14H2,1-2H3,(H,15,16). The molecule has 1 rings (SSSR count). The summed E-state index contributed by atoms with van der Waals surface area (Å²) in [5.41, 5.74) is 6.62. The molecule has 0 aliphatic carbocycles. The van der Waals surface area contributed by atoms with Gasteiger partial charge in [-0.1, -0.05) is 37.3 Å². The molecule has 0 fully saturated rings. The number of amides is 1. The molecular formula is C13H20N2OS. The van der Waals surface area contributed by atoms with Gasteiger partial charge in [0.25, 0.3) is 0 Å². The molecule has 1 aromatic carbocycles. The first kappa shape index (κ1) is 14.1. The van der Waals surface area contributed by atoms with Crippen molar-refractivity contribution in [1.29, 1.82) is 0 Å². The van der Waals surface area contributed by atoms with E-state index in [1.54, 1.807) is 11.8 Å². The molecule has 0 aliphatic heterocycles. The van der Waals surface area contributed by atoms with Gasteiger partial charge < -0.3 is 11.1 Å². The highest BCUT2D eigenvalue weighted by Gasteiger charge is 2.10. The molecule has 2 atom stereocenters. The maximum absolute atomic E-state index is 11.7. The van der Waals surface area contributed by atoms with Gasteiger partial charge >= 0.3 is 0 Å². The third-order valence-electron chi connectivity index (χ3n) is 2.51. The van der Waals surface area contributed by atoms with Gasteiger partial charge in [0.15, 0.2) is 0 Å². The van der Waals surface area contributed by atoms with Crippen molar-refractivity contribution in [2.75, 3.05) is 12.3 Å². The Hall–Kier alpha value is -1.00. The molecule has 0 aromatic heterocycles. The maximum atomic E-state index is 11.7. The smallest absolute Gasteiger partial charge is 0.230 e.